The molecular formula is C20H16F4N2O4. The number of nitrogens with two attached hydrogens (primary N) is 1. The van der Waals surface area contributed by atoms with Gasteiger partial charge in [-0.1, -0.05) is 0 Å². The van der Waals surface area contributed by atoms with E-state index >= 15 is 0 Å². The molecule has 0 aliphatic carbocycles. The number of benzene rings is 2. The Morgan fingerprint density at radius 2 is 1.73 bits per heavy atom. The molecule has 0 saturated carbocycles. The number of aromatic hydroxyl groups is 1. The third kappa shape index (κ3) is 3.68. The van der Waals surface area contributed by atoms with Crippen molar-refractivity contribution in [3.8, 4) is 11.5 Å². The van der Waals surface area contributed by atoms with Crippen molar-refractivity contribution in [2.24, 2.45) is 5.73 Å². The molecule has 1 heterocycles. The number of rotatable bonds is 4. The fourth-order valence-corrected chi connectivity index (χ4v) is 3.34. The van der Waals surface area contributed by atoms with Gasteiger partial charge in [0.1, 0.15) is 5.75 Å². The van der Waals surface area contributed by atoms with Crippen LogP contribution in [0.2, 0.25) is 0 Å². The SMILES string of the molecule is Cc1c(C(C)C(N)=O)c2c(F)c(O)ccc2n1C(=O)c1ccc(OC(F)(F)F)cc1. The third-order valence-electron chi connectivity index (χ3n) is 4.73. The highest BCUT2D eigenvalue weighted by atomic mass is 19.4. The van der Waals surface area contributed by atoms with Crippen molar-refractivity contribution in [1.82, 2.24) is 4.57 Å². The van der Waals surface area contributed by atoms with Crippen LogP contribution in [0.1, 0.15) is 34.5 Å². The Bertz CT molecular complexity index is 1150. The van der Waals surface area contributed by atoms with E-state index in [0.717, 1.165) is 34.9 Å². The number of hydrogen-bond acceptors (Lipinski definition) is 4. The molecule has 3 N–H and O–H groups in total. The van der Waals surface area contributed by atoms with Crippen molar-refractivity contribution in [1.29, 1.82) is 0 Å². The molecule has 0 spiro atoms. The first kappa shape index (κ1) is 21.2. The van der Waals surface area contributed by atoms with Crippen molar-refractivity contribution in [2.45, 2.75) is 26.1 Å². The van der Waals surface area contributed by atoms with Crippen LogP contribution < -0.4 is 10.5 Å². The molecule has 10 heteroatoms. The molecular weight excluding hydrogens is 408 g/mol. The van der Waals surface area contributed by atoms with E-state index in [1.165, 1.54) is 19.9 Å². The second-order valence-electron chi connectivity index (χ2n) is 6.63. The van der Waals surface area contributed by atoms with Crippen LogP contribution >= 0.6 is 0 Å². The van der Waals surface area contributed by atoms with Gasteiger partial charge < -0.3 is 15.6 Å². The summed E-state index contributed by atoms with van der Waals surface area (Å²) in [6.45, 7) is 2.91. The number of hydrogen-bond donors (Lipinski definition) is 2. The Morgan fingerprint density at radius 1 is 1.13 bits per heavy atom. The van der Waals surface area contributed by atoms with E-state index in [0.29, 0.717) is 0 Å². The van der Waals surface area contributed by atoms with Crippen LogP contribution in [-0.4, -0.2) is 27.9 Å². The zero-order chi connectivity index (χ0) is 22.4. The molecule has 0 radical (unpaired) electrons. The van der Waals surface area contributed by atoms with Crippen molar-refractivity contribution < 1.29 is 37.0 Å². The molecule has 30 heavy (non-hydrogen) atoms. The fraction of sp³-hybridized carbons (Fsp3) is 0.200. The number of primary amides is 1. The molecule has 2 aromatic carbocycles. The quantitative estimate of drug-likeness (QED) is 0.620. The molecule has 1 atom stereocenters. The number of amides is 1. The molecule has 6 nitrogen and oxygen atoms in total. The van der Waals surface area contributed by atoms with E-state index in [-0.39, 0.29) is 27.7 Å². The van der Waals surface area contributed by atoms with E-state index in [4.69, 9.17) is 5.73 Å². The van der Waals surface area contributed by atoms with E-state index in [1.54, 1.807) is 0 Å². The Labute approximate surface area is 167 Å². The van der Waals surface area contributed by atoms with E-state index in [2.05, 4.69) is 4.74 Å². The summed E-state index contributed by atoms with van der Waals surface area (Å²) in [5, 5.41) is 9.62. The van der Waals surface area contributed by atoms with Gasteiger partial charge in [0.2, 0.25) is 5.91 Å². The number of phenols is 1. The largest absolute Gasteiger partial charge is 0.573 e. The molecule has 0 aliphatic rings. The first-order chi connectivity index (χ1) is 13.9. The van der Waals surface area contributed by atoms with Gasteiger partial charge in [-0.2, -0.15) is 0 Å². The number of alkyl halides is 3. The van der Waals surface area contributed by atoms with Gasteiger partial charge in [0.25, 0.3) is 5.91 Å². The highest BCUT2D eigenvalue weighted by Crippen LogP contribution is 2.37. The van der Waals surface area contributed by atoms with Gasteiger partial charge in [0.05, 0.1) is 11.4 Å². The lowest BCUT2D eigenvalue weighted by Gasteiger charge is -2.11. The maximum absolute atomic E-state index is 14.7. The van der Waals surface area contributed by atoms with Gasteiger partial charge in [-0.3, -0.25) is 14.2 Å². The van der Waals surface area contributed by atoms with Gasteiger partial charge in [-0.05, 0) is 55.8 Å². The van der Waals surface area contributed by atoms with E-state index < -0.39 is 41.4 Å². The zero-order valence-electron chi connectivity index (χ0n) is 15.7. The molecule has 0 saturated heterocycles. The number of aromatic nitrogens is 1. The lowest BCUT2D eigenvalue weighted by molar-refractivity contribution is -0.274. The van der Waals surface area contributed by atoms with Crippen LogP contribution in [-0.2, 0) is 4.79 Å². The lowest BCUT2D eigenvalue weighted by atomic mass is 9.97. The number of halogens is 4. The first-order valence-electron chi connectivity index (χ1n) is 8.64. The summed E-state index contributed by atoms with van der Waals surface area (Å²) in [5.41, 5.74) is 5.77. The van der Waals surface area contributed by atoms with Crippen molar-refractivity contribution >= 4 is 22.7 Å². The van der Waals surface area contributed by atoms with Gasteiger partial charge in [-0.25, -0.2) is 4.39 Å². The number of carbonyl (C=O) groups is 2. The van der Waals surface area contributed by atoms with Crippen LogP contribution in [0, 0.1) is 12.7 Å². The molecule has 3 aromatic rings. The van der Waals surface area contributed by atoms with Crippen LogP contribution in [0.15, 0.2) is 36.4 Å². The Hall–Kier alpha value is -3.56. The number of ether oxygens (including phenoxy) is 1. The normalized spacial score (nSPS) is 12.7. The second kappa shape index (κ2) is 7.36. The third-order valence-corrected chi connectivity index (χ3v) is 4.73. The fourth-order valence-electron chi connectivity index (χ4n) is 3.34. The molecule has 0 fully saturated rings. The highest BCUT2D eigenvalue weighted by Gasteiger charge is 2.31. The van der Waals surface area contributed by atoms with Crippen LogP contribution in [0.3, 0.4) is 0 Å². The summed E-state index contributed by atoms with van der Waals surface area (Å²) in [4.78, 5) is 24.8. The van der Waals surface area contributed by atoms with Crippen molar-refractivity contribution in [2.75, 3.05) is 0 Å². The predicted octanol–water partition coefficient (Wildman–Crippen LogP) is 3.97. The smallest absolute Gasteiger partial charge is 0.505 e. The molecule has 0 aliphatic heterocycles. The van der Waals surface area contributed by atoms with Gasteiger partial charge in [0, 0.05) is 16.6 Å². The number of fused-ring (bicyclic) bond motifs is 1. The maximum Gasteiger partial charge on any atom is 0.573 e. The Kier molecular flexibility index (Phi) is 5.19. The van der Waals surface area contributed by atoms with Crippen LogP contribution in [0.25, 0.3) is 10.9 Å². The number of nitrogens with zero attached hydrogens (tertiary/aromatic N) is 1. The standard InChI is InChI=1S/C20H16F4N2O4/c1-9(18(25)28)15-10(2)26(13-7-8-14(27)17(21)16(13)15)19(29)11-3-5-12(6-4-11)30-20(22,23)24/h3-9,27H,1-2H3,(H2,25,28). The number of carbonyl (C=O) groups excluding carboxylic acids is 2. The van der Waals surface area contributed by atoms with Gasteiger partial charge in [0.15, 0.2) is 11.6 Å². The van der Waals surface area contributed by atoms with Crippen LogP contribution in [0.4, 0.5) is 17.6 Å². The number of phenolic OH excluding ortho intramolecular Hbond substituents is 1. The minimum atomic E-state index is -4.88. The molecule has 0 bridgehead atoms. The summed E-state index contributed by atoms with van der Waals surface area (Å²) in [7, 11) is 0. The first-order valence-corrected chi connectivity index (χ1v) is 8.64. The Morgan fingerprint density at radius 3 is 2.27 bits per heavy atom. The van der Waals surface area contributed by atoms with Crippen molar-refractivity contribution in [3.63, 3.8) is 0 Å². The summed E-state index contributed by atoms with van der Waals surface area (Å²) in [6, 6.07) is 6.56. The summed E-state index contributed by atoms with van der Waals surface area (Å²) in [6.07, 6.45) is -4.88. The molecule has 1 aromatic heterocycles. The molecule has 1 unspecified atom stereocenters. The highest BCUT2D eigenvalue weighted by molar-refractivity contribution is 6.05. The van der Waals surface area contributed by atoms with Crippen molar-refractivity contribution in [3.05, 3.63) is 59.0 Å². The van der Waals surface area contributed by atoms with Gasteiger partial charge >= 0.3 is 6.36 Å². The molecule has 3 rings (SSSR count). The topological polar surface area (TPSA) is 94.5 Å². The molecule has 158 valence electrons. The summed E-state index contributed by atoms with van der Waals surface area (Å²) in [5.74, 6) is -4.60. The minimum Gasteiger partial charge on any atom is -0.505 e. The summed E-state index contributed by atoms with van der Waals surface area (Å²) < 4.78 is 56.6. The lowest BCUT2D eigenvalue weighted by Crippen LogP contribution is -2.20. The Balaban J connectivity index is 2.16. The minimum absolute atomic E-state index is 0.00344. The van der Waals surface area contributed by atoms with Crippen LogP contribution in [0.5, 0.6) is 11.5 Å². The zero-order valence-corrected chi connectivity index (χ0v) is 15.7. The maximum atomic E-state index is 14.7. The average molecular weight is 424 g/mol. The van der Waals surface area contributed by atoms with Gasteiger partial charge in [-0.15, -0.1) is 13.2 Å². The monoisotopic (exact) mass is 424 g/mol. The van der Waals surface area contributed by atoms with E-state index in [1.807, 2.05) is 0 Å². The second-order valence-corrected chi connectivity index (χ2v) is 6.63. The summed E-state index contributed by atoms with van der Waals surface area (Å²) >= 11 is 0. The van der Waals surface area contributed by atoms with E-state index in [9.17, 15) is 32.3 Å². The molecule has 1 amide bonds. The predicted molar refractivity (Wildman–Crippen MR) is 98.8 cm³/mol. The average Bonchev–Trinajstić information content (AvgIpc) is 2.95.